The number of halogens is 1. The summed E-state index contributed by atoms with van der Waals surface area (Å²) in [5.41, 5.74) is 5.51. The molecule has 0 nitrogen and oxygen atoms in total. The fourth-order valence-electron chi connectivity index (χ4n) is 4.48. The lowest BCUT2D eigenvalue weighted by Gasteiger charge is -2.27. The molecule has 8 rings (SSSR count). The van der Waals surface area contributed by atoms with Crippen LogP contribution >= 0.6 is 22.0 Å². The van der Waals surface area contributed by atoms with Crippen LogP contribution in [0.2, 0.25) is 0 Å². The second kappa shape index (κ2) is 8.87. The summed E-state index contributed by atoms with van der Waals surface area (Å²) < 4.78 is 1.24. The third-order valence-corrected chi connectivity index (χ3v) is 12.0. The van der Waals surface area contributed by atoms with Crippen molar-refractivity contribution in [1.82, 2.24) is 0 Å². The van der Waals surface area contributed by atoms with Gasteiger partial charge in [0.15, 0.2) is 0 Å². The Morgan fingerprint density at radius 3 is 1.68 bits per heavy atom. The van der Waals surface area contributed by atoms with E-state index in [1.165, 1.54) is 42.6 Å². The van der Waals surface area contributed by atoms with Crippen molar-refractivity contribution in [3.63, 3.8) is 0 Å². The van der Waals surface area contributed by atoms with Crippen molar-refractivity contribution in [2.75, 3.05) is 0 Å². The van der Waals surface area contributed by atoms with Gasteiger partial charge in [0.1, 0.15) is 0 Å². The van der Waals surface area contributed by atoms with Crippen LogP contribution in [0.4, 0.5) is 0 Å². The molecule has 3 heteroatoms. The Kier molecular flexibility index (Phi) is 5.97. The molecule has 0 unspecified atom stereocenters. The number of aryl methyl sites for hydroxylation is 4. The van der Waals surface area contributed by atoms with Crippen molar-refractivity contribution in [3.8, 4) is 0 Å². The minimum atomic E-state index is -2.15. The molecule has 0 spiro atoms. The van der Waals surface area contributed by atoms with E-state index in [0.29, 0.717) is 0 Å². The van der Waals surface area contributed by atoms with Crippen molar-refractivity contribution >= 4 is 49.7 Å². The van der Waals surface area contributed by atoms with E-state index in [-0.39, 0.29) is 0 Å². The van der Waals surface area contributed by atoms with Gasteiger partial charge in [0, 0.05) is 10.5 Å². The van der Waals surface area contributed by atoms with E-state index in [4.69, 9.17) is 11.8 Å². The number of hydrogen-bond donors (Lipinski definition) is 0. The van der Waals surface area contributed by atoms with E-state index in [2.05, 4.69) is 113 Å². The van der Waals surface area contributed by atoms with Crippen LogP contribution in [0.5, 0.6) is 0 Å². The van der Waals surface area contributed by atoms with Crippen LogP contribution in [0, 0.1) is 0 Å². The van der Waals surface area contributed by atoms with E-state index in [1.807, 2.05) is 0 Å². The van der Waals surface area contributed by atoms with Crippen molar-refractivity contribution in [3.05, 3.63) is 124 Å². The number of rotatable bonds is 3. The molecule has 0 aromatic heterocycles. The zero-order valence-electron chi connectivity index (χ0n) is 17.3. The summed E-state index contributed by atoms with van der Waals surface area (Å²) in [6, 6.07) is 33.4. The van der Waals surface area contributed by atoms with Gasteiger partial charge in [-0.15, -0.1) is 0 Å². The molecule has 154 valence electrons. The highest BCUT2D eigenvalue weighted by Crippen LogP contribution is 2.44. The summed E-state index contributed by atoms with van der Waals surface area (Å²) in [6.07, 6.45) is 4.06. The Morgan fingerprint density at radius 2 is 1.10 bits per heavy atom. The number of benzene rings is 4. The molecule has 4 aromatic rings. The smallest absolute Gasteiger partial charge is 0.0382 e. The lowest BCUT2D eigenvalue weighted by atomic mass is 9.97. The van der Waals surface area contributed by atoms with Gasteiger partial charge in [0.25, 0.3) is 0 Å². The van der Waals surface area contributed by atoms with Gasteiger partial charge < -0.3 is 0 Å². The average molecular weight is 503 g/mol. The molecule has 0 N–H and O–H groups in total. The van der Waals surface area contributed by atoms with Crippen LogP contribution in [0.3, 0.4) is 0 Å². The molecule has 4 aliphatic carbocycles. The molecule has 0 aliphatic heterocycles. The Bertz CT molecular complexity index is 1220. The van der Waals surface area contributed by atoms with Crippen LogP contribution in [0.15, 0.2) is 102 Å². The van der Waals surface area contributed by atoms with E-state index in [1.54, 1.807) is 0 Å². The molecule has 4 bridgehead atoms. The summed E-state index contributed by atoms with van der Waals surface area (Å²) in [5, 5.41) is 3.91. The SMILES string of the molecule is S=P(c1ccccc1)(c1ccccc1)c1cc2ccc1CCc1ccc(c(Br)c1)CC2. The minimum absolute atomic E-state index is 0.999. The Labute approximate surface area is 198 Å². The molecule has 0 saturated heterocycles. The molecular weight excluding hydrogens is 479 g/mol. The molecule has 0 radical (unpaired) electrons. The molecular formula is C28H24BrPS. The van der Waals surface area contributed by atoms with Crippen molar-refractivity contribution in [2.24, 2.45) is 0 Å². The van der Waals surface area contributed by atoms with Crippen LogP contribution < -0.4 is 15.9 Å². The first-order chi connectivity index (χ1) is 15.1. The maximum atomic E-state index is 6.68. The Hall–Kier alpha value is -1.99. The Balaban J connectivity index is 1.71. The van der Waals surface area contributed by atoms with Crippen molar-refractivity contribution in [1.29, 1.82) is 0 Å². The maximum absolute atomic E-state index is 6.68. The minimum Gasteiger partial charge on any atom is -0.0826 e. The van der Waals surface area contributed by atoms with Gasteiger partial charge in [-0.25, -0.2) is 0 Å². The predicted molar refractivity (Wildman–Crippen MR) is 141 cm³/mol. The molecule has 0 saturated carbocycles. The molecule has 0 heterocycles. The molecule has 4 aliphatic rings. The predicted octanol–water partition coefficient (Wildman–Crippen LogP) is 6.09. The highest BCUT2D eigenvalue weighted by atomic mass is 79.9. The highest BCUT2D eigenvalue weighted by Gasteiger charge is 2.27. The maximum Gasteiger partial charge on any atom is 0.0382 e. The molecule has 4 aromatic carbocycles. The first kappa shape index (κ1) is 20.9. The number of hydrogen-bond acceptors (Lipinski definition) is 1. The normalized spacial score (nSPS) is 13.6. The highest BCUT2D eigenvalue weighted by molar-refractivity contribution is 9.10. The van der Waals surface area contributed by atoms with Crippen molar-refractivity contribution in [2.45, 2.75) is 25.7 Å². The van der Waals surface area contributed by atoms with E-state index in [0.717, 1.165) is 25.7 Å². The van der Waals surface area contributed by atoms with Crippen LogP contribution in [0.25, 0.3) is 0 Å². The summed E-state index contributed by atoms with van der Waals surface area (Å²) >= 11 is 10.5. The van der Waals surface area contributed by atoms with Gasteiger partial charge in [-0.2, -0.15) is 0 Å². The summed E-state index contributed by atoms with van der Waals surface area (Å²) in [4.78, 5) is 0. The first-order valence-electron chi connectivity index (χ1n) is 10.8. The largest absolute Gasteiger partial charge is 0.0826 e. The van der Waals surface area contributed by atoms with Gasteiger partial charge in [-0.3, -0.25) is 0 Å². The van der Waals surface area contributed by atoms with Gasteiger partial charge in [0.2, 0.25) is 0 Å². The van der Waals surface area contributed by atoms with Gasteiger partial charge in [-0.1, -0.05) is 113 Å². The van der Waals surface area contributed by atoms with Crippen molar-refractivity contribution < 1.29 is 0 Å². The zero-order chi connectivity index (χ0) is 21.3. The standard InChI is InChI=1S/C28H24BrPS/c29-27-19-21-11-15-23(27)16-12-22-14-18-24(17-13-21)28(20-22)30(31,25-7-3-1-4-8-25)26-9-5-2-6-10-26/h1-11,14-15,18-20H,12-13,16-17H2. The third-order valence-electron chi connectivity index (χ3n) is 6.21. The lowest BCUT2D eigenvalue weighted by molar-refractivity contribution is 0.922. The summed E-state index contributed by atoms with van der Waals surface area (Å²) in [7, 11) is 0. The third kappa shape index (κ3) is 4.10. The van der Waals surface area contributed by atoms with Gasteiger partial charge in [-0.05, 0) is 76.0 Å². The van der Waals surface area contributed by atoms with Crippen LogP contribution in [0.1, 0.15) is 22.3 Å². The second-order valence-electron chi connectivity index (χ2n) is 8.17. The van der Waals surface area contributed by atoms with Crippen LogP contribution in [-0.4, -0.2) is 0 Å². The molecule has 0 atom stereocenters. The van der Waals surface area contributed by atoms with Gasteiger partial charge >= 0.3 is 0 Å². The fourth-order valence-corrected chi connectivity index (χ4v) is 9.32. The molecule has 0 amide bonds. The fraction of sp³-hybridized carbons (Fsp3) is 0.143. The topological polar surface area (TPSA) is 0 Å². The van der Waals surface area contributed by atoms with E-state index >= 15 is 0 Å². The molecule has 0 fully saturated rings. The van der Waals surface area contributed by atoms with E-state index < -0.39 is 6.04 Å². The first-order valence-corrected chi connectivity index (χ1v) is 14.3. The Morgan fingerprint density at radius 1 is 0.581 bits per heavy atom. The average Bonchev–Trinajstić information content (AvgIpc) is 2.81. The lowest BCUT2D eigenvalue weighted by Crippen LogP contribution is -2.28. The zero-order valence-corrected chi connectivity index (χ0v) is 20.6. The second-order valence-corrected chi connectivity index (χ2v) is 13.4. The van der Waals surface area contributed by atoms with Crippen LogP contribution in [-0.2, 0) is 37.5 Å². The summed E-state index contributed by atoms with van der Waals surface area (Å²) in [6.45, 7) is 0. The monoisotopic (exact) mass is 502 g/mol. The summed E-state index contributed by atoms with van der Waals surface area (Å²) in [5.74, 6) is 0. The quantitative estimate of drug-likeness (QED) is 0.305. The van der Waals surface area contributed by atoms with Gasteiger partial charge in [0.05, 0.1) is 0 Å². The molecule has 31 heavy (non-hydrogen) atoms. The van der Waals surface area contributed by atoms with E-state index in [9.17, 15) is 0 Å².